The number of carbonyl (C=O) groups is 1. The number of halogens is 6. The smallest absolute Gasteiger partial charge is 0.416 e. The quantitative estimate of drug-likeness (QED) is 0.248. The van der Waals surface area contributed by atoms with E-state index in [9.17, 15) is 31.1 Å². The Labute approximate surface area is 238 Å². The molecule has 2 aliphatic rings. The third kappa shape index (κ3) is 7.76. The minimum atomic E-state index is -5.00. The van der Waals surface area contributed by atoms with E-state index in [1.807, 2.05) is 0 Å². The molecule has 1 fully saturated rings. The number of piperazine rings is 1. The fraction of sp³-hybridized carbons (Fsp3) is 0.429. The standard InChI is InChI=1S/C28H29F6N3O3S/c1-3-4-9-36-10-12-37(13-11-36)26-35-25(38)24(41-26)15-18-5-8-22(23(14-18)39-2)40-17-19-6-7-20(27(29,30)31)16-21(19)28(32,33)34/h5-8,14-16H,3-4,9-13,17H2,1-2H3. The molecule has 2 heterocycles. The van der Waals surface area contributed by atoms with Crippen LogP contribution >= 0.6 is 11.8 Å². The van der Waals surface area contributed by atoms with Crippen LogP contribution in [-0.2, 0) is 23.8 Å². The zero-order valence-electron chi connectivity index (χ0n) is 22.4. The molecule has 0 unspecified atom stereocenters. The molecule has 4 rings (SSSR count). The SMILES string of the molecule is CCCCN1CCN(C2=NC(=O)C(=Cc3ccc(OCc4ccc(C(F)(F)F)cc4C(F)(F)F)c(OC)c3)S2)CC1. The van der Waals surface area contributed by atoms with Crippen molar-refractivity contribution in [2.45, 2.75) is 38.7 Å². The summed E-state index contributed by atoms with van der Waals surface area (Å²) >= 11 is 1.28. The minimum Gasteiger partial charge on any atom is -0.493 e. The molecule has 1 saturated heterocycles. The van der Waals surface area contributed by atoms with Crippen molar-refractivity contribution >= 4 is 28.9 Å². The first kappa shape index (κ1) is 30.8. The number of methoxy groups -OCH3 is 1. The predicted molar refractivity (Wildman–Crippen MR) is 145 cm³/mol. The van der Waals surface area contributed by atoms with Crippen LogP contribution in [0.4, 0.5) is 26.3 Å². The highest BCUT2D eigenvalue weighted by Gasteiger charge is 2.38. The Bertz CT molecular complexity index is 1320. The average molecular weight is 602 g/mol. The Kier molecular flexibility index (Phi) is 9.58. The molecule has 0 bridgehead atoms. The van der Waals surface area contributed by atoms with Gasteiger partial charge in [-0.1, -0.05) is 25.5 Å². The van der Waals surface area contributed by atoms with Gasteiger partial charge in [0.2, 0.25) is 0 Å². The van der Waals surface area contributed by atoms with Gasteiger partial charge in [-0.2, -0.15) is 31.3 Å². The van der Waals surface area contributed by atoms with Crippen molar-refractivity contribution in [3.8, 4) is 11.5 Å². The summed E-state index contributed by atoms with van der Waals surface area (Å²) in [7, 11) is 1.34. The lowest BCUT2D eigenvalue weighted by Gasteiger charge is -2.35. The van der Waals surface area contributed by atoms with Gasteiger partial charge in [0.05, 0.1) is 23.1 Å². The Hall–Kier alpha value is -3.19. The second kappa shape index (κ2) is 12.8. The van der Waals surface area contributed by atoms with Crippen LogP contribution in [0.3, 0.4) is 0 Å². The molecule has 0 atom stereocenters. The second-order valence-corrected chi connectivity index (χ2v) is 10.6. The maximum absolute atomic E-state index is 13.5. The first-order valence-corrected chi connectivity index (χ1v) is 13.8. The van der Waals surface area contributed by atoms with Crippen molar-refractivity contribution in [3.63, 3.8) is 0 Å². The summed E-state index contributed by atoms with van der Waals surface area (Å²) in [5, 5.41) is 0.653. The molecule has 41 heavy (non-hydrogen) atoms. The van der Waals surface area contributed by atoms with Crippen molar-refractivity contribution in [3.05, 3.63) is 63.6 Å². The van der Waals surface area contributed by atoms with Gasteiger partial charge in [0, 0.05) is 31.7 Å². The zero-order valence-corrected chi connectivity index (χ0v) is 23.3. The number of amides is 1. The van der Waals surface area contributed by atoms with E-state index < -0.39 is 35.6 Å². The van der Waals surface area contributed by atoms with E-state index in [0.717, 1.165) is 51.6 Å². The minimum absolute atomic E-state index is 0.0736. The van der Waals surface area contributed by atoms with Crippen molar-refractivity contribution in [1.29, 1.82) is 0 Å². The van der Waals surface area contributed by atoms with E-state index in [2.05, 4.69) is 21.7 Å². The lowest BCUT2D eigenvalue weighted by Crippen LogP contribution is -2.47. The Morgan fingerprint density at radius 2 is 1.71 bits per heavy atom. The number of alkyl halides is 6. The zero-order chi connectivity index (χ0) is 29.8. The van der Waals surface area contributed by atoms with Crippen LogP contribution in [0.5, 0.6) is 11.5 Å². The molecule has 0 N–H and O–H groups in total. The first-order chi connectivity index (χ1) is 19.4. The average Bonchev–Trinajstić information content (AvgIpc) is 3.29. The largest absolute Gasteiger partial charge is 0.493 e. The predicted octanol–water partition coefficient (Wildman–Crippen LogP) is 6.70. The van der Waals surface area contributed by atoms with Gasteiger partial charge in [0.1, 0.15) is 6.61 Å². The number of hydrogen-bond donors (Lipinski definition) is 0. The van der Waals surface area contributed by atoms with Gasteiger partial charge < -0.3 is 14.4 Å². The lowest BCUT2D eigenvalue weighted by molar-refractivity contribution is -0.143. The van der Waals surface area contributed by atoms with Crippen molar-refractivity contribution in [2.75, 3.05) is 39.8 Å². The maximum Gasteiger partial charge on any atom is 0.416 e. The van der Waals surface area contributed by atoms with Crippen molar-refractivity contribution < 1.29 is 40.6 Å². The molecule has 2 aromatic carbocycles. The molecular formula is C28H29F6N3O3S. The molecule has 0 radical (unpaired) electrons. The summed E-state index contributed by atoms with van der Waals surface area (Å²) in [6.07, 6.45) is -5.99. The van der Waals surface area contributed by atoms with E-state index in [-0.39, 0.29) is 23.5 Å². The topological polar surface area (TPSA) is 54.4 Å². The summed E-state index contributed by atoms with van der Waals surface area (Å²) in [6, 6.07) is 6.02. The molecule has 0 spiro atoms. The van der Waals surface area contributed by atoms with Crippen molar-refractivity contribution in [1.82, 2.24) is 9.80 Å². The number of hydrogen-bond acceptors (Lipinski definition) is 6. The van der Waals surface area contributed by atoms with Gasteiger partial charge >= 0.3 is 12.4 Å². The van der Waals surface area contributed by atoms with Crippen LogP contribution in [0.1, 0.15) is 42.0 Å². The Balaban J connectivity index is 1.43. The number of amidine groups is 1. The van der Waals surface area contributed by atoms with Gasteiger partial charge in [-0.25, -0.2) is 0 Å². The van der Waals surface area contributed by atoms with E-state index >= 15 is 0 Å². The summed E-state index contributed by atoms with van der Waals surface area (Å²) in [4.78, 5) is 21.7. The lowest BCUT2D eigenvalue weighted by atomic mass is 10.0. The molecule has 0 saturated carbocycles. The van der Waals surface area contributed by atoms with Crippen LogP contribution in [0.15, 0.2) is 46.3 Å². The first-order valence-electron chi connectivity index (χ1n) is 13.0. The summed E-state index contributed by atoms with van der Waals surface area (Å²) in [6.45, 7) is 5.96. The van der Waals surface area contributed by atoms with Crippen LogP contribution in [0, 0.1) is 0 Å². The highest BCUT2D eigenvalue weighted by molar-refractivity contribution is 8.18. The molecule has 2 aromatic rings. The Morgan fingerprint density at radius 3 is 2.34 bits per heavy atom. The fourth-order valence-electron chi connectivity index (χ4n) is 4.42. The number of aliphatic imine (C=N–C) groups is 1. The number of rotatable bonds is 8. The molecule has 0 aliphatic carbocycles. The van der Waals surface area contributed by atoms with E-state index in [4.69, 9.17) is 9.47 Å². The summed E-state index contributed by atoms with van der Waals surface area (Å²) in [5.74, 6) is -0.0924. The van der Waals surface area contributed by atoms with Crippen LogP contribution in [0.2, 0.25) is 0 Å². The van der Waals surface area contributed by atoms with E-state index in [1.165, 1.54) is 24.9 Å². The number of thioether (sulfide) groups is 1. The van der Waals surface area contributed by atoms with Gasteiger partial charge in [-0.15, -0.1) is 0 Å². The molecule has 1 amide bonds. The third-order valence-electron chi connectivity index (χ3n) is 6.69. The van der Waals surface area contributed by atoms with Crippen LogP contribution < -0.4 is 9.47 Å². The molecule has 13 heteroatoms. The van der Waals surface area contributed by atoms with Crippen LogP contribution in [0.25, 0.3) is 6.08 Å². The highest BCUT2D eigenvalue weighted by atomic mass is 32.2. The second-order valence-electron chi connectivity index (χ2n) is 9.56. The summed E-state index contributed by atoms with van der Waals surface area (Å²) in [5.41, 5.74) is -2.70. The number of benzene rings is 2. The molecule has 0 aromatic heterocycles. The van der Waals surface area contributed by atoms with E-state index in [1.54, 1.807) is 18.2 Å². The monoisotopic (exact) mass is 601 g/mol. The number of nitrogens with zero attached hydrogens (tertiary/aromatic N) is 3. The van der Waals surface area contributed by atoms with Crippen LogP contribution in [-0.4, -0.2) is 60.7 Å². The van der Waals surface area contributed by atoms with Gasteiger partial charge in [-0.3, -0.25) is 9.69 Å². The van der Waals surface area contributed by atoms with Gasteiger partial charge in [0.15, 0.2) is 16.7 Å². The number of carbonyl (C=O) groups excluding carboxylic acids is 1. The van der Waals surface area contributed by atoms with Crippen molar-refractivity contribution in [2.24, 2.45) is 4.99 Å². The number of unbranched alkanes of at least 4 members (excludes halogenated alkanes) is 1. The molecule has 222 valence electrons. The molecule has 6 nitrogen and oxygen atoms in total. The molecule has 2 aliphatic heterocycles. The summed E-state index contributed by atoms with van der Waals surface area (Å²) < 4.78 is 90.1. The number of ether oxygens (including phenoxy) is 2. The Morgan fingerprint density at radius 1 is 0.976 bits per heavy atom. The van der Waals surface area contributed by atoms with E-state index in [0.29, 0.717) is 21.7 Å². The van der Waals surface area contributed by atoms with Gasteiger partial charge in [-0.05, 0) is 60.6 Å². The van der Waals surface area contributed by atoms with Gasteiger partial charge in [0.25, 0.3) is 5.91 Å². The maximum atomic E-state index is 13.5. The highest BCUT2D eigenvalue weighted by Crippen LogP contribution is 2.39. The fourth-order valence-corrected chi connectivity index (χ4v) is 5.39. The third-order valence-corrected chi connectivity index (χ3v) is 7.74. The normalized spacial score (nSPS) is 17.8. The molecular weight excluding hydrogens is 572 g/mol.